The Balaban J connectivity index is 2.09. The maximum Gasteiger partial charge on any atom is 0.293 e. The van der Waals surface area contributed by atoms with Crippen LogP contribution in [0.2, 0.25) is 5.02 Å². The molecule has 2 aromatic carbocycles. The van der Waals surface area contributed by atoms with Gasteiger partial charge in [-0.3, -0.25) is 14.9 Å². The first-order valence-electron chi connectivity index (χ1n) is 7.98. The van der Waals surface area contributed by atoms with Crippen molar-refractivity contribution in [1.29, 1.82) is 0 Å². The van der Waals surface area contributed by atoms with Gasteiger partial charge >= 0.3 is 0 Å². The Kier molecular flexibility index (Phi) is 6.28. The minimum absolute atomic E-state index is 0.00867. The molecule has 0 aromatic heterocycles. The number of nitrogens with one attached hydrogen (secondary N) is 2. The third-order valence-corrected chi connectivity index (χ3v) is 4.44. The van der Waals surface area contributed by atoms with Crippen LogP contribution in [0.4, 0.5) is 15.8 Å². The van der Waals surface area contributed by atoms with E-state index >= 15 is 0 Å². The van der Waals surface area contributed by atoms with Crippen molar-refractivity contribution in [3.05, 3.63) is 68.0 Å². The van der Waals surface area contributed by atoms with Gasteiger partial charge in [-0.25, -0.2) is 4.39 Å². The molecule has 0 saturated heterocycles. The van der Waals surface area contributed by atoms with Gasteiger partial charge in [-0.05, 0) is 43.2 Å². The molecule has 0 aliphatic heterocycles. The third kappa shape index (κ3) is 4.77. The highest BCUT2D eigenvalue weighted by Gasteiger charge is 2.20. The Bertz CT molecular complexity index is 838. The quantitative estimate of drug-likeness (QED) is 0.597. The minimum atomic E-state index is -0.530. The second-order valence-electron chi connectivity index (χ2n) is 6.27. The fourth-order valence-corrected chi connectivity index (χ4v) is 2.82. The summed E-state index contributed by atoms with van der Waals surface area (Å²) in [5.41, 5.74) is 1.93. The number of halogens is 2. The number of amides is 1. The van der Waals surface area contributed by atoms with Crippen molar-refractivity contribution in [2.75, 3.05) is 18.9 Å². The lowest BCUT2D eigenvalue weighted by molar-refractivity contribution is -0.885. The molecule has 0 aliphatic carbocycles. The molecule has 1 atom stereocenters. The maximum atomic E-state index is 13.8. The van der Waals surface area contributed by atoms with E-state index < -0.39 is 16.6 Å². The van der Waals surface area contributed by atoms with Gasteiger partial charge in [0.2, 0.25) is 0 Å². The molecule has 0 fully saturated rings. The molecule has 2 N–H and O–H groups in total. The summed E-state index contributed by atoms with van der Waals surface area (Å²) < 4.78 is 13.8. The van der Waals surface area contributed by atoms with Crippen LogP contribution in [-0.4, -0.2) is 24.4 Å². The van der Waals surface area contributed by atoms with Crippen molar-refractivity contribution in [1.82, 2.24) is 0 Å². The summed E-state index contributed by atoms with van der Waals surface area (Å²) in [5, 5.41) is 14.1. The van der Waals surface area contributed by atoms with E-state index in [1.165, 1.54) is 18.2 Å². The van der Waals surface area contributed by atoms with Crippen molar-refractivity contribution in [2.24, 2.45) is 0 Å². The number of quaternary nitrogens is 1. The fourth-order valence-electron chi connectivity index (χ4n) is 2.59. The van der Waals surface area contributed by atoms with Crippen LogP contribution in [0.25, 0.3) is 0 Å². The average molecular weight is 381 g/mol. The number of hydrogen-bond acceptors (Lipinski definition) is 3. The van der Waals surface area contributed by atoms with Crippen LogP contribution in [0.15, 0.2) is 30.3 Å². The third-order valence-electron chi connectivity index (χ3n) is 4.09. The second-order valence-corrected chi connectivity index (χ2v) is 6.68. The average Bonchev–Trinajstić information content (AvgIpc) is 2.54. The van der Waals surface area contributed by atoms with Gasteiger partial charge in [0.1, 0.15) is 18.0 Å². The number of nitrogens with zero attached hydrogens (tertiary/aromatic N) is 1. The van der Waals surface area contributed by atoms with Gasteiger partial charge in [-0.2, -0.15) is 0 Å². The van der Waals surface area contributed by atoms with Crippen molar-refractivity contribution in [3.63, 3.8) is 0 Å². The van der Waals surface area contributed by atoms with Gasteiger partial charge in [-0.15, -0.1) is 0 Å². The van der Waals surface area contributed by atoms with Crippen LogP contribution in [-0.2, 0) is 11.3 Å². The lowest BCUT2D eigenvalue weighted by Crippen LogP contribution is -3.08. The predicted octanol–water partition coefficient (Wildman–Crippen LogP) is 2.66. The Morgan fingerprint density at radius 3 is 2.58 bits per heavy atom. The SMILES string of the molecule is Cc1cc(NC(=O)C[NH+](C)Cc2c(F)cccc2Cl)c([N+](=O)[O-])cc1C. The van der Waals surface area contributed by atoms with Gasteiger partial charge in [0.25, 0.3) is 11.6 Å². The summed E-state index contributed by atoms with van der Waals surface area (Å²) in [7, 11) is 1.72. The van der Waals surface area contributed by atoms with Crippen molar-refractivity contribution < 1.29 is 19.0 Å². The normalized spacial score (nSPS) is 11.9. The molecule has 0 heterocycles. The topological polar surface area (TPSA) is 76.7 Å². The molecular weight excluding hydrogens is 361 g/mol. The van der Waals surface area contributed by atoms with Crippen molar-refractivity contribution in [3.8, 4) is 0 Å². The highest BCUT2D eigenvalue weighted by Crippen LogP contribution is 2.27. The molecule has 26 heavy (non-hydrogen) atoms. The van der Waals surface area contributed by atoms with E-state index in [1.807, 2.05) is 6.92 Å². The number of carbonyl (C=O) groups excluding carboxylic acids is 1. The van der Waals surface area contributed by atoms with Gasteiger partial charge in [0.15, 0.2) is 6.54 Å². The largest absolute Gasteiger partial charge is 0.326 e. The first-order chi connectivity index (χ1) is 12.2. The molecule has 0 spiro atoms. The van der Waals surface area contributed by atoms with Crippen molar-refractivity contribution >= 4 is 28.9 Å². The van der Waals surface area contributed by atoms with E-state index in [1.54, 1.807) is 26.1 Å². The van der Waals surface area contributed by atoms with Gasteiger partial charge < -0.3 is 10.2 Å². The first-order valence-corrected chi connectivity index (χ1v) is 8.36. The zero-order chi connectivity index (χ0) is 19.4. The van der Waals surface area contributed by atoms with Gasteiger partial charge in [0.05, 0.1) is 22.6 Å². The molecule has 1 amide bonds. The zero-order valence-electron chi connectivity index (χ0n) is 14.7. The summed E-state index contributed by atoms with van der Waals surface area (Å²) in [6.07, 6.45) is 0. The molecule has 6 nitrogen and oxygen atoms in total. The maximum absolute atomic E-state index is 13.8. The highest BCUT2D eigenvalue weighted by molar-refractivity contribution is 6.31. The lowest BCUT2D eigenvalue weighted by atomic mass is 10.1. The molecule has 2 aromatic rings. The van der Waals surface area contributed by atoms with Gasteiger partial charge in [0, 0.05) is 6.07 Å². The second kappa shape index (κ2) is 8.25. The van der Waals surface area contributed by atoms with Crippen LogP contribution < -0.4 is 10.2 Å². The number of likely N-dealkylation sites (N-methyl/N-ethyl adjacent to an activating group) is 1. The first kappa shape index (κ1) is 19.8. The summed E-state index contributed by atoms with van der Waals surface area (Å²) in [6.45, 7) is 3.80. The molecule has 8 heteroatoms. The smallest absolute Gasteiger partial charge is 0.293 e. The summed E-state index contributed by atoms with van der Waals surface area (Å²) in [6, 6.07) is 7.43. The Morgan fingerprint density at radius 2 is 1.96 bits per heavy atom. The summed E-state index contributed by atoms with van der Waals surface area (Å²) in [4.78, 5) is 23.6. The van der Waals surface area contributed by atoms with Crippen LogP contribution in [0, 0.1) is 29.8 Å². The summed E-state index contributed by atoms with van der Waals surface area (Å²) in [5.74, 6) is -0.830. The number of carbonyl (C=O) groups is 1. The standard InChI is InChI=1S/C18H19ClFN3O3/c1-11-7-16(17(23(25)26)8-12(11)2)21-18(24)10-22(3)9-13-14(19)5-4-6-15(13)20/h4-8H,9-10H2,1-3H3,(H,21,24)/p+1. The van der Waals surface area contributed by atoms with Crippen LogP contribution in [0.3, 0.4) is 0 Å². The molecule has 0 saturated carbocycles. The van der Waals surface area contributed by atoms with Crippen molar-refractivity contribution in [2.45, 2.75) is 20.4 Å². The molecule has 2 rings (SSSR count). The van der Waals surface area contributed by atoms with E-state index in [2.05, 4.69) is 5.32 Å². The monoisotopic (exact) mass is 380 g/mol. The number of anilines is 1. The number of nitro groups is 1. The highest BCUT2D eigenvalue weighted by atomic mass is 35.5. The molecule has 0 bridgehead atoms. The fraction of sp³-hybridized carbons (Fsp3) is 0.278. The molecule has 138 valence electrons. The zero-order valence-corrected chi connectivity index (χ0v) is 15.5. The number of rotatable bonds is 6. The Labute approximate surface area is 155 Å². The van der Waals surface area contributed by atoms with E-state index in [0.717, 1.165) is 11.1 Å². The number of nitro benzene ring substituents is 1. The minimum Gasteiger partial charge on any atom is -0.326 e. The van der Waals surface area contributed by atoms with Crippen LogP contribution >= 0.6 is 11.6 Å². The van der Waals surface area contributed by atoms with Gasteiger partial charge in [-0.1, -0.05) is 17.7 Å². The molecule has 0 radical (unpaired) electrons. The van der Waals surface area contributed by atoms with E-state index in [-0.39, 0.29) is 24.5 Å². The Morgan fingerprint density at radius 1 is 1.31 bits per heavy atom. The molecular formula is C18H20ClFN3O3+. The van der Waals surface area contributed by atoms with Crippen LogP contribution in [0.5, 0.6) is 0 Å². The predicted molar refractivity (Wildman–Crippen MR) is 98.1 cm³/mol. The lowest BCUT2D eigenvalue weighted by Gasteiger charge is -2.15. The number of aryl methyl sites for hydroxylation is 2. The molecule has 1 unspecified atom stereocenters. The Hall–Kier alpha value is -2.51. The van der Waals surface area contributed by atoms with E-state index in [9.17, 15) is 19.3 Å². The van der Waals surface area contributed by atoms with Crippen LogP contribution in [0.1, 0.15) is 16.7 Å². The number of benzene rings is 2. The van der Waals surface area contributed by atoms with E-state index in [0.29, 0.717) is 15.5 Å². The molecule has 0 aliphatic rings. The van der Waals surface area contributed by atoms with E-state index in [4.69, 9.17) is 11.6 Å². The number of hydrogen-bond donors (Lipinski definition) is 2. The summed E-state index contributed by atoms with van der Waals surface area (Å²) >= 11 is 6.00.